The molecule has 6 heteroatoms. The number of nitrogens with one attached hydrogen (secondary N) is 3. The van der Waals surface area contributed by atoms with Gasteiger partial charge in [0.15, 0.2) is 6.54 Å². The highest BCUT2D eigenvalue weighted by atomic mass is 16.5. The summed E-state index contributed by atoms with van der Waals surface area (Å²) < 4.78 is 5.68. The van der Waals surface area contributed by atoms with Crippen LogP contribution in [-0.4, -0.2) is 50.2 Å². The number of amides is 2. The molecule has 1 aromatic carbocycles. The molecule has 23 heavy (non-hydrogen) atoms. The Hall–Kier alpha value is -1.92. The van der Waals surface area contributed by atoms with Crippen LogP contribution in [0.15, 0.2) is 24.3 Å². The molecule has 126 valence electrons. The molecule has 6 nitrogen and oxygen atoms in total. The first-order chi connectivity index (χ1) is 11.0. The van der Waals surface area contributed by atoms with Crippen molar-refractivity contribution in [3.63, 3.8) is 0 Å². The second-order valence-corrected chi connectivity index (χ2v) is 6.08. The fourth-order valence-electron chi connectivity index (χ4n) is 2.97. The van der Waals surface area contributed by atoms with Crippen LogP contribution >= 0.6 is 0 Å². The van der Waals surface area contributed by atoms with E-state index in [1.165, 1.54) is 4.90 Å². The van der Waals surface area contributed by atoms with Gasteiger partial charge in [-0.25, -0.2) is 0 Å². The summed E-state index contributed by atoms with van der Waals surface area (Å²) in [5.41, 5.74) is 1.19. The van der Waals surface area contributed by atoms with Gasteiger partial charge in [-0.15, -0.1) is 0 Å². The molecule has 0 unspecified atom stereocenters. The quantitative estimate of drug-likeness (QED) is 0.719. The van der Waals surface area contributed by atoms with Gasteiger partial charge in [-0.1, -0.05) is 6.07 Å². The third-order valence-electron chi connectivity index (χ3n) is 3.77. The molecule has 0 bridgehead atoms. The summed E-state index contributed by atoms with van der Waals surface area (Å²) in [7, 11) is 0. The zero-order valence-electron chi connectivity index (χ0n) is 14.0. The molecule has 2 rings (SSSR count). The molecule has 2 atom stereocenters. The number of rotatable bonds is 5. The number of morpholine rings is 1. The number of carbonyl (C=O) groups excluding carboxylic acids is 2. The Balaban J connectivity index is 1.92. The van der Waals surface area contributed by atoms with E-state index in [-0.39, 0.29) is 24.0 Å². The summed E-state index contributed by atoms with van der Waals surface area (Å²) in [5.74, 6) is -0.181. The van der Waals surface area contributed by atoms with E-state index >= 15 is 0 Å². The molecule has 1 saturated heterocycles. The minimum Gasteiger partial charge on any atom is -0.364 e. The molecule has 0 saturated carbocycles. The summed E-state index contributed by atoms with van der Waals surface area (Å²) in [6, 6.07) is 6.99. The zero-order chi connectivity index (χ0) is 16.8. The maximum atomic E-state index is 12.2. The Bertz CT molecular complexity index is 552. The summed E-state index contributed by atoms with van der Waals surface area (Å²) in [5, 5.41) is 5.62. The van der Waals surface area contributed by atoms with Crippen LogP contribution in [0.2, 0.25) is 0 Å². The second kappa shape index (κ2) is 8.08. The topological polar surface area (TPSA) is 71.9 Å². The van der Waals surface area contributed by atoms with Crippen LogP contribution < -0.4 is 15.5 Å². The predicted octanol–water partition coefficient (Wildman–Crippen LogP) is 0.0669. The fourth-order valence-corrected chi connectivity index (χ4v) is 2.97. The van der Waals surface area contributed by atoms with E-state index in [4.69, 9.17) is 4.74 Å². The van der Waals surface area contributed by atoms with E-state index in [0.29, 0.717) is 24.3 Å². The van der Waals surface area contributed by atoms with E-state index in [1.807, 2.05) is 20.8 Å². The number of carbonyl (C=O) groups is 2. The van der Waals surface area contributed by atoms with Crippen molar-refractivity contribution in [3.05, 3.63) is 29.8 Å². The first kappa shape index (κ1) is 17.4. The van der Waals surface area contributed by atoms with Crippen molar-refractivity contribution in [1.82, 2.24) is 5.32 Å². The summed E-state index contributed by atoms with van der Waals surface area (Å²) in [4.78, 5) is 25.3. The van der Waals surface area contributed by atoms with Gasteiger partial charge < -0.3 is 20.3 Å². The first-order valence-electron chi connectivity index (χ1n) is 8.15. The smallest absolute Gasteiger partial charge is 0.279 e. The average molecular weight is 320 g/mol. The van der Waals surface area contributed by atoms with Gasteiger partial charge in [0.05, 0.1) is 0 Å². The third-order valence-corrected chi connectivity index (χ3v) is 3.77. The Morgan fingerprint density at radius 2 is 1.96 bits per heavy atom. The minimum absolute atomic E-state index is 0.0469. The highest BCUT2D eigenvalue weighted by molar-refractivity contribution is 5.97. The number of quaternary nitrogens is 1. The Morgan fingerprint density at radius 1 is 1.26 bits per heavy atom. The summed E-state index contributed by atoms with van der Waals surface area (Å²) in [6.45, 7) is 8.58. The molecule has 0 spiro atoms. The van der Waals surface area contributed by atoms with E-state index in [0.717, 1.165) is 13.1 Å². The second-order valence-electron chi connectivity index (χ2n) is 6.08. The SMILES string of the molecule is CCNC(=O)c1cccc(NC(=O)C[NH+]2C[C@H](C)O[C@@H](C)C2)c1. The van der Waals surface area contributed by atoms with E-state index in [9.17, 15) is 9.59 Å². The van der Waals surface area contributed by atoms with Gasteiger partial charge >= 0.3 is 0 Å². The number of anilines is 1. The highest BCUT2D eigenvalue weighted by Gasteiger charge is 2.27. The third kappa shape index (κ3) is 5.33. The van der Waals surface area contributed by atoms with E-state index in [2.05, 4.69) is 10.6 Å². The van der Waals surface area contributed by atoms with Crippen LogP contribution in [0, 0.1) is 0 Å². The largest absolute Gasteiger partial charge is 0.364 e. The number of benzene rings is 1. The summed E-state index contributed by atoms with van der Waals surface area (Å²) in [6.07, 6.45) is 0.338. The van der Waals surface area contributed by atoms with Crippen molar-refractivity contribution in [2.75, 3.05) is 31.5 Å². The molecule has 1 aromatic rings. The van der Waals surface area contributed by atoms with Gasteiger partial charge in [0.2, 0.25) is 0 Å². The summed E-state index contributed by atoms with van der Waals surface area (Å²) >= 11 is 0. The van der Waals surface area contributed by atoms with Crippen molar-refractivity contribution in [2.45, 2.75) is 33.0 Å². The van der Waals surface area contributed by atoms with E-state index < -0.39 is 0 Å². The minimum atomic E-state index is -0.134. The van der Waals surface area contributed by atoms with E-state index in [1.54, 1.807) is 24.3 Å². The fraction of sp³-hybridized carbons (Fsp3) is 0.529. The molecular formula is C17H26N3O3+. The lowest BCUT2D eigenvalue weighted by Crippen LogP contribution is -3.16. The molecule has 1 aliphatic rings. The van der Waals surface area contributed by atoms with Gasteiger partial charge in [-0.3, -0.25) is 9.59 Å². The monoisotopic (exact) mass is 320 g/mol. The molecular weight excluding hydrogens is 294 g/mol. The maximum absolute atomic E-state index is 12.2. The molecule has 1 aliphatic heterocycles. The lowest BCUT2D eigenvalue weighted by Gasteiger charge is -2.31. The van der Waals surface area contributed by atoms with Crippen LogP contribution in [-0.2, 0) is 9.53 Å². The van der Waals surface area contributed by atoms with Crippen molar-refractivity contribution in [1.29, 1.82) is 0 Å². The van der Waals surface area contributed by atoms with Crippen molar-refractivity contribution in [2.24, 2.45) is 0 Å². The molecule has 0 radical (unpaired) electrons. The standard InChI is InChI=1S/C17H25N3O3/c1-4-18-17(22)14-6-5-7-15(8-14)19-16(21)11-20-9-12(2)23-13(3)10-20/h5-8,12-13H,4,9-11H2,1-3H3,(H,18,22)(H,19,21)/p+1/t12-,13-/m0/s1. The van der Waals surface area contributed by atoms with Gasteiger partial charge in [0.25, 0.3) is 11.8 Å². The molecule has 0 aliphatic carbocycles. The Kier molecular flexibility index (Phi) is 6.12. The van der Waals surface area contributed by atoms with Crippen molar-refractivity contribution < 1.29 is 19.2 Å². The molecule has 3 N–H and O–H groups in total. The average Bonchev–Trinajstić information content (AvgIpc) is 2.46. The number of hydrogen-bond donors (Lipinski definition) is 3. The first-order valence-corrected chi connectivity index (χ1v) is 8.15. The van der Waals surface area contributed by atoms with Crippen molar-refractivity contribution >= 4 is 17.5 Å². The Labute approximate surface area is 137 Å². The Morgan fingerprint density at radius 3 is 2.61 bits per heavy atom. The highest BCUT2D eigenvalue weighted by Crippen LogP contribution is 2.10. The van der Waals surface area contributed by atoms with Gasteiger partial charge in [0, 0.05) is 17.8 Å². The van der Waals surface area contributed by atoms with Crippen LogP contribution in [0.4, 0.5) is 5.69 Å². The lowest BCUT2D eigenvalue weighted by molar-refractivity contribution is -0.907. The number of ether oxygens (including phenoxy) is 1. The van der Waals surface area contributed by atoms with Gasteiger partial charge in [-0.05, 0) is 39.0 Å². The van der Waals surface area contributed by atoms with Crippen LogP contribution in [0.5, 0.6) is 0 Å². The maximum Gasteiger partial charge on any atom is 0.279 e. The normalized spacial score (nSPS) is 24.0. The van der Waals surface area contributed by atoms with Crippen molar-refractivity contribution in [3.8, 4) is 0 Å². The molecule has 2 amide bonds. The lowest BCUT2D eigenvalue weighted by atomic mass is 10.2. The van der Waals surface area contributed by atoms with Crippen LogP contribution in [0.3, 0.4) is 0 Å². The van der Waals surface area contributed by atoms with Crippen LogP contribution in [0.1, 0.15) is 31.1 Å². The predicted molar refractivity (Wildman–Crippen MR) is 88.7 cm³/mol. The van der Waals surface area contributed by atoms with Gasteiger partial charge in [-0.2, -0.15) is 0 Å². The van der Waals surface area contributed by atoms with Crippen LogP contribution in [0.25, 0.3) is 0 Å². The molecule has 1 fully saturated rings. The van der Waals surface area contributed by atoms with Gasteiger partial charge in [0.1, 0.15) is 25.3 Å². The zero-order valence-corrected chi connectivity index (χ0v) is 14.0. The molecule has 1 heterocycles. The number of hydrogen-bond acceptors (Lipinski definition) is 3. The molecule has 0 aromatic heterocycles.